The molecule has 6 heteroatoms. The van der Waals surface area contributed by atoms with Crippen molar-refractivity contribution in [1.29, 1.82) is 0 Å². The van der Waals surface area contributed by atoms with Crippen molar-refractivity contribution in [2.24, 2.45) is 0 Å². The van der Waals surface area contributed by atoms with Crippen LogP contribution in [0.4, 0.5) is 0 Å². The number of hydrogen-bond acceptors (Lipinski definition) is 3. The maximum atomic E-state index is 10.2. The average Bonchev–Trinajstić information content (AvgIpc) is 1.99. The van der Waals surface area contributed by atoms with Crippen LogP contribution in [0.15, 0.2) is 18.2 Å². The molecule has 0 radical (unpaired) electrons. The molecule has 0 saturated carbocycles. The fourth-order valence-corrected chi connectivity index (χ4v) is 1.35. The molecule has 0 bridgehead atoms. The number of phosphoric ester groups is 1. The van der Waals surface area contributed by atoms with Gasteiger partial charge < -0.3 is 14.3 Å². The van der Waals surface area contributed by atoms with E-state index < -0.39 is 7.82 Å². The van der Waals surface area contributed by atoms with Crippen molar-refractivity contribution in [3.05, 3.63) is 34.9 Å². The summed E-state index contributed by atoms with van der Waals surface area (Å²) in [6.45, 7) is 3.81. The molecule has 0 aliphatic heterocycles. The third kappa shape index (κ3) is 6.34. The van der Waals surface area contributed by atoms with Crippen LogP contribution >= 0.6 is 7.82 Å². The van der Waals surface area contributed by atoms with Gasteiger partial charge in [-0.3, -0.25) is 4.57 Å². The molecule has 0 heterocycles. The first-order chi connectivity index (χ1) is 6.87. The Morgan fingerprint density at radius 2 is 1.81 bits per heavy atom. The Kier molecular flexibility index (Phi) is 6.35. The Balaban J connectivity index is 0.00000225. The van der Waals surface area contributed by atoms with E-state index in [9.17, 15) is 9.46 Å². The zero-order valence-corrected chi connectivity index (χ0v) is 12.2. The number of benzene rings is 1. The van der Waals surface area contributed by atoms with Crippen LogP contribution in [0.1, 0.15) is 16.7 Å². The molecule has 1 N–H and O–H groups in total. The zero-order valence-electron chi connectivity index (χ0n) is 9.35. The van der Waals surface area contributed by atoms with Crippen LogP contribution in [-0.4, -0.2) is 4.89 Å². The van der Waals surface area contributed by atoms with Crippen molar-refractivity contribution < 1.29 is 48.4 Å². The van der Waals surface area contributed by atoms with E-state index in [2.05, 4.69) is 10.4 Å². The van der Waals surface area contributed by atoms with E-state index in [1.165, 1.54) is 0 Å². The summed E-state index contributed by atoms with van der Waals surface area (Å²) in [6, 6.07) is 5.55. The minimum absolute atomic E-state index is 0. The van der Waals surface area contributed by atoms with Crippen LogP contribution in [-0.2, 0) is 9.09 Å². The second kappa shape index (κ2) is 6.46. The molecule has 80 valence electrons. The van der Waals surface area contributed by atoms with Crippen molar-refractivity contribution in [3.63, 3.8) is 0 Å². The topological polar surface area (TPSA) is 69.6 Å². The van der Waals surface area contributed by atoms with Crippen LogP contribution < -0.4 is 34.5 Å². The number of rotatable bonds is 1. The third-order valence-electron chi connectivity index (χ3n) is 1.58. The third-order valence-corrected chi connectivity index (χ3v) is 1.90. The Bertz CT molecular complexity index is 449. The monoisotopic (exact) mass is 248 g/mol. The number of phosphoric acid groups is 1. The molecule has 1 unspecified atom stereocenters. The van der Waals surface area contributed by atoms with Gasteiger partial charge in [0.1, 0.15) is 6.11 Å². The molecule has 0 saturated heterocycles. The van der Waals surface area contributed by atoms with Gasteiger partial charge in [0.05, 0.1) is 0 Å². The normalized spacial score (nSPS) is 12.8. The molecule has 0 aromatic heterocycles. The van der Waals surface area contributed by atoms with Crippen molar-refractivity contribution in [2.45, 2.75) is 13.8 Å². The van der Waals surface area contributed by atoms with Gasteiger partial charge in [0.15, 0.2) is 0 Å². The van der Waals surface area contributed by atoms with Crippen LogP contribution in [0, 0.1) is 25.9 Å². The Morgan fingerprint density at radius 3 is 2.25 bits per heavy atom. The zero-order chi connectivity index (χ0) is 11.5. The maximum absolute atomic E-state index is 10.2. The summed E-state index contributed by atoms with van der Waals surface area (Å²) in [5.41, 5.74) is 2.68. The minimum atomic E-state index is -4.75. The van der Waals surface area contributed by atoms with E-state index >= 15 is 0 Å². The molecule has 0 spiro atoms. The van der Waals surface area contributed by atoms with Gasteiger partial charge in [-0.2, -0.15) is 0 Å². The Hall–Kier alpha value is -0.270. The summed E-state index contributed by atoms with van der Waals surface area (Å²) in [5.74, 6) is 2.48. The van der Waals surface area contributed by atoms with Gasteiger partial charge in [0.2, 0.25) is 0 Å². The molecule has 4 nitrogen and oxygen atoms in total. The summed E-state index contributed by atoms with van der Waals surface area (Å²) in [4.78, 5) is 18.5. The van der Waals surface area contributed by atoms with Crippen molar-refractivity contribution in [1.82, 2.24) is 0 Å². The molecule has 16 heavy (non-hydrogen) atoms. The predicted molar refractivity (Wildman–Crippen MR) is 53.7 cm³/mol. The summed E-state index contributed by atoms with van der Waals surface area (Å²) in [6.07, 6.45) is 1.92. The van der Waals surface area contributed by atoms with Crippen molar-refractivity contribution in [2.75, 3.05) is 0 Å². The molecule has 1 rings (SSSR count). The Labute approximate surface area is 117 Å². The van der Waals surface area contributed by atoms with Crippen LogP contribution in [0.2, 0.25) is 0 Å². The van der Waals surface area contributed by atoms with Gasteiger partial charge in [0, 0.05) is 5.56 Å². The predicted octanol–water partition coefficient (Wildman–Crippen LogP) is -1.91. The SMILES string of the molecule is Cc1cc(C)cc(C#COP(=O)([O-])O)c1.[Na+]. The van der Waals surface area contributed by atoms with Gasteiger partial charge in [-0.05, 0) is 43.0 Å². The number of aryl methyl sites for hydroxylation is 2. The smallest absolute Gasteiger partial charge is 0.746 e. The molecule has 0 fully saturated rings. The molecular formula is C10H10NaO4P. The van der Waals surface area contributed by atoms with E-state index in [0.717, 1.165) is 11.1 Å². The van der Waals surface area contributed by atoms with Gasteiger partial charge in [-0.15, -0.1) is 0 Å². The molecule has 0 aliphatic carbocycles. The van der Waals surface area contributed by atoms with Gasteiger partial charge in [-0.1, -0.05) is 6.07 Å². The fraction of sp³-hybridized carbons (Fsp3) is 0.200. The Morgan fingerprint density at radius 1 is 1.31 bits per heavy atom. The first kappa shape index (κ1) is 15.7. The maximum Gasteiger partial charge on any atom is 1.00 e. The van der Waals surface area contributed by atoms with E-state index in [1.807, 2.05) is 26.0 Å². The van der Waals surface area contributed by atoms with Crippen LogP contribution in [0.3, 0.4) is 0 Å². The molecule has 1 aromatic rings. The quantitative estimate of drug-likeness (QED) is 0.358. The molecule has 1 atom stereocenters. The summed E-state index contributed by atoms with van der Waals surface area (Å²) in [7, 11) is -4.75. The standard InChI is InChI=1S/C10H11O4P.Na/c1-8-5-9(2)7-10(6-8)3-4-14-15(11,12)13;/h5-7H,1-2H3,(H2,11,12,13);/q;+1/p-1. The van der Waals surface area contributed by atoms with Crippen LogP contribution in [0.5, 0.6) is 0 Å². The van der Waals surface area contributed by atoms with E-state index in [4.69, 9.17) is 4.89 Å². The first-order valence-electron chi connectivity index (χ1n) is 4.18. The molecule has 0 aliphatic rings. The first-order valence-corrected chi connectivity index (χ1v) is 5.68. The van der Waals surface area contributed by atoms with Gasteiger partial charge in [0.25, 0.3) is 0 Å². The van der Waals surface area contributed by atoms with Crippen molar-refractivity contribution in [3.8, 4) is 12.0 Å². The molecule has 1 aromatic carbocycles. The van der Waals surface area contributed by atoms with Gasteiger partial charge >= 0.3 is 37.4 Å². The molecular weight excluding hydrogens is 238 g/mol. The summed E-state index contributed by atoms with van der Waals surface area (Å²) >= 11 is 0. The second-order valence-electron chi connectivity index (χ2n) is 3.16. The van der Waals surface area contributed by atoms with E-state index in [1.54, 1.807) is 12.1 Å². The largest absolute Gasteiger partial charge is 1.00 e. The van der Waals surface area contributed by atoms with Crippen LogP contribution in [0.25, 0.3) is 0 Å². The summed E-state index contributed by atoms with van der Waals surface area (Å²) in [5, 5.41) is 0. The van der Waals surface area contributed by atoms with Crippen molar-refractivity contribution >= 4 is 7.82 Å². The second-order valence-corrected chi connectivity index (χ2v) is 4.28. The molecule has 0 amide bonds. The fourth-order valence-electron chi connectivity index (χ4n) is 1.19. The minimum Gasteiger partial charge on any atom is -0.746 e. The van der Waals surface area contributed by atoms with E-state index in [0.29, 0.717) is 5.56 Å². The average molecular weight is 248 g/mol. The summed E-state index contributed by atoms with van der Waals surface area (Å²) < 4.78 is 14.1. The number of hydrogen-bond donors (Lipinski definition) is 1. The van der Waals surface area contributed by atoms with E-state index in [-0.39, 0.29) is 29.6 Å². The van der Waals surface area contributed by atoms with Gasteiger partial charge in [-0.25, -0.2) is 0 Å².